The van der Waals surface area contributed by atoms with Crippen molar-refractivity contribution < 1.29 is 52.2 Å². The molecule has 0 aliphatic carbocycles. The Morgan fingerprint density at radius 2 is 0.645 bits per heavy atom. The molecule has 0 aliphatic rings. The fourth-order valence-electron chi connectivity index (χ4n) is 9.15. The van der Waals surface area contributed by atoms with E-state index in [0.717, 1.165) is 77.0 Å². The van der Waals surface area contributed by atoms with Crippen LogP contribution in [0.25, 0.3) is 0 Å². The summed E-state index contributed by atoms with van der Waals surface area (Å²) in [6.07, 6.45) is 62.3. The number of hydrogen-bond donors (Lipinski definition) is 2. The fraction of sp³-hybridized carbons (Fsp3) is 0.859. The van der Waals surface area contributed by atoms with Crippen LogP contribution in [0.3, 0.4) is 0 Å². The number of carbonyl (C=O) groups excluding carboxylic acids is 3. The van der Waals surface area contributed by atoms with Crippen LogP contribution in [0, 0.1) is 0 Å². The van der Waals surface area contributed by atoms with E-state index in [1.54, 1.807) is 0 Å². The normalized spacial score (nSPS) is 13.5. The lowest BCUT2D eigenvalue weighted by atomic mass is 10.0. The molecule has 3 atom stereocenters. The van der Waals surface area contributed by atoms with E-state index in [4.69, 9.17) is 23.3 Å². The summed E-state index contributed by atoms with van der Waals surface area (Å²) >= 11 is 0. The molecule has 0 saturated heterocycles. The Balaban J connectivity index is 4.69. The molecule has 0 saturated carbocycles. The Morgan fingerprint density at radius 1 is 0.368 bits per heavy atom. The maximum atomic E-state index is 12.9. The number of carbonyl (C=O) groups is 3. The van der Waals surface area contributed by atoms with Gasteiger partial charge >= 0.3 is 25.7 Å². The first-order valence-corrected chi connectivity index (χ1v) is 33.4. The number of esters is 3. The second kappa shape index (κ2) is 58.8. The molecule has 0 spiro atoms. The van der Waals surface area contributed by atoms with Crippen LogP contribution >= 0.6 is 7.82 Å². The van der Waals surface area contributed by atoms with Gasteiger partial charge in [0.15, 0.2) is 6.10 Å². The monoisotopic (exact) mass is 1090 g/mol. The maximum Gasteiger partial charge on any atom is 0.472 e. The fourth-order valence-corrected chi connectivity index (χ4v) is 9.93. The van der Waals surface area contributed by atoms with Gasteiger partial charge in [-0.2, -0.15) is 0 Å². The second-order valence-corrected chi connectivity index (χ2v) is 23.0. The Labute approximate surface area is 467 Å². The lowest BCUT2D eigenvalue weighted by Gasteiger charge is -2.21. The Bertz CT molecular complexity index is 1420. The van der Waals surface area contributed by atoms with Crippen molar-refractivity contribution >= 4 is 25.7 Å². The van der Waals surface area contributed by atoms with Gasteiger partial charge in [0, 0.05) is 19.3 Å². The highest BCUT2D eigenvalue weighted by molar-refractivity contribution is 7.47. The molecule has 3 unspecified atom stereocenters. The lowest BCUT2D eigenvalue weighted by Crippen LogP contribution is -2.30. The highest BCUT2D eigenvalue weighted by Crippen LogP contribution is 2.43. The molecule has 76 heavy (non-hydrogen) atoms. The molecule has 0 aliphatic heterocycles. The maximum absolute atomic E-state index is 12.9. The first-order valence-electron chi connectivity index (χ1n) is 31.9. The first-order chi connectivity index (χ1) is 37.2. The van der Waals surface area contributed by atoms with E-state index < -0.39 is 57.8 Å². The molecule has 12 heteroatoms. The number of aliphatic hydroxyl groups excluding tert-OH is 1. The zero-order chi connectivity index (χ0) is 55.5. The molecular formula is C64H119O11P. The largest absolute Gasteiger partial charge is 0.472 e. The summed E-state index contributed by atoms with van der Waals surface area (Å²) in [6, 6.07) is 0. The quantitative estimate of drug-likeness (QED) is 0.0197. The standard InChI is InChI=1S/C64H119O11P/c1-4-7-10-13-16-19-22-25-27-29-30-32-34-37-40-43-46-49-52-55-64(68)75-61(57-71-62(66)53-50-47-44-41-38-36-33-31-28-26-23-20-17-14-11-8-5-2)59-73-76(69,70)72-58-60(56-65)74-63(67)54-51-48-45-42-39-35-24-21-18-15-12-9-6-3/h16,19,25-28,60-61,65H,4-15,17-18,20-24,29-59H2,1-3H3,(H,69,70)/b19-16-,27-25-,28-26-. The van der Waals surface area contributed by atoms with Crippen molar-refractivity contribution in [2.75, 3.05) is 26.4 Å². The van der Waals surface area contributed by atoms with Crippen molar-refractivity contribution in [2.24, 2.45) is 0 Å². The van der Waals surface area contributed by atoms with E-state index >= 15 is 0 Å². The number of allylic oxidation sites excluding steroid dienone is 6. The first kappa shape index (κ1) is 73.7. The van der Waals surface area contributed by atoms with Crippen LogP contribution in [0.2, 0.25) is 0 Å². The van der Waals surface area contributed by atoms with Gasteiger partial charge in [0.05, 0.1) is 19.8 Å². The molecule has 0 amide bonds. The third-order valence-corrected chi connectivity index (χ3v) is 15.0. The van der Waals surface area contributed by atoms with Crippen molar-refractivity contribution in [3.05, 3.63) is 36.5 Å². The zero-order valence-corrected chi connectivity index (χ0v) is 50.4. The van der Waals surface area contributed by atoms with Crippen molar-refractivity contribution in [2.45, 2.75) is 328 Å². The van der Waals surface area contributed by atoms with E-state index in [1.807, 2.05) is 0 Å². The number of phosphoric ester groups is 1. The van der Waals surface area contributed by atoms with Gasteiger partial charge in [0.25, 0.3) is 0 Å². The van der Waals surface area contributed by atoms with Crippen LogP contribution < -0.4 is 0 Å². The Hall–Kier alpha value is -2.30. The summed E-state index contributed by atoms with van der Waals surface area (Å²) in [5, 5.41) is 9.83. The average molecular weight is 1100 g/mol. The molecular weight excluding hydrogens is 976 g/mol. The van der Waals surface area contributed by atoms with Crippen LogP contribution in [0.4, 0.5) is 0 Å². The molecule has 0 aromatic heterocycles. The minimum Gasteiger partial charge on any atom is -0.462 e. The van der Waals surface area contributed by atoms with Gasteiger partial charge in [-0.3, -0.25) is 23.4 Å². The Kier molecular flexibility index (Phi) is 57.1. The summed E-state index contributed by atoms with van der Waals surface area (Å²) in [5.74, 6) is -1.45. The van der Waals surface area contributed by atoms with E-state index in [2.05, 4.69) is 57.2 Å². The van der Waals surface area contributed by atoms with Crippen LogP contribution in [0.1, 0.15) is 316 Å². The van der Waals surface area contributed by atoms with E-state index in [1.165, 1.54) is 180 Å². The minimum absolute atomic E-state index is 0.165. The molecule has 0 fully saturated rings. The number of ether oxygens (including phenoxy) is 3. The van der Waals surface area contributed by atoms with Crippen LogP contribution in [0.5, 0.6) is 0 Å². The SMILES string of the molecule is CCCCC/C=C\C/C=C\CCCCCCCCCCCC(=O)OC(COC(=O)CCCCCCCCC/C=C\CCCCCCCC)COP(=O)(O)OCC(CO)OC(=O)CCCCCCCCCCCCCCC. The third-order valence-electron chi connectivity index (χ3n) is 14.0. The van der Waals surface area contributed by atoms with Crippen LogP contribution in [-0.4, -0.2) is 66.5 Å². The highest BCUT2D eigenvalue weighted by atomic mass is 31.2. The lowest BCUT2D eigenvalue weighted by molar-refractivity contribution is -0.161. The summed E-state index contributed by atoms with van der Waals surface area (Å²) in [4.78, 5) is 48.7. The van der Waals surface area contributed by atoms with Gasteiger partial charge in [0.2, 0.25) is 0 Å². The number of phosphoric acid groups is 1. The molecule has 446 valence electrons. The van der Waals surface area contributed by atoms with Gasteiger partial charge in [-0.25, -0.2) is 4.57 Å². The van der Waals surface area contributed by atoms with Gasteiger partial charge in [-0.15, -0.1) is 0 Å². The smallest absolute Gasteiger partial charge is 0.462 e. The molecule has 0 radical (unpaired) electrons. The molecule has 2 N–H and O–H groups in total. The predicted octanol–water partition coefficient (Wildman–Crippen LogP) is 19.2. The Morgan fingerprint density at radius 3 is 1.01 bits per heavy atom. The minimum atomic E-state index is -4.75. The van der Waals surface area contributed by atoms with Crippen LogP contribution in [0.15, 0.2) is 36.5 Å². The summed E-state index contributed by atoms with van der Waals surface area (Å²) < 4.78 is 39.7. The van der Waals surface area contributed by atoms with Crippen molar-refractivity contribution in [1.82, 2.24) is 0 Å². The predicted molar refractivity (Wildman–Crippen MR) is 316 cm³/mol. The van der Waals surface area contributed by atoms with Crippen LogP contribution in [-0.2, 0) is 42.2 Å². The van der Waals surface area contributed by atoms with Gasteiger partial charge in [0.1, 0.15) is 12.7 Å². The molecule has 0 aromatic carbocycles. The number of unbranched alkanes of at least 4 members (excludes halogenated alkanes) is 37. The summed E-state index contributed by atoms with van der Waals surface area (Å²) in [7, 11) is -4.75. The van der Waals surface area contributed by atoms with E-state index in [0.29, 0.717) is 19.3 Å². The van der Waals surface area contributed by atoms with Crippen molar-refractivity contribution in [3.63, 3.8) is 0 Å². The molecule has 11 nitrogen and oxygen atoms in total. The zero-order valence-electron chi connectivity index (χ0n) is 49.5. The summed E-state index contributed by atoms with van der Waals surface area (Å²) in [6.45, 7) is 4.67. The van der Waals surface area contributed by atoms with Gasteiger partial charge < -0.3 is 24.2 Å². The number of hydrogen-bond acceptors (Lipinski definition) is 10. The van der Waals surface area contributed by atoms with Crippen molar-refractivity contribution in [3.8, 4) is 0 Å². The van der Waals surface area contributed by atoms with E-state index in [9.17, 15) is 28.9 Å². The van der Waals surface area contributed by atoms with E-state index in [-0.39, 0.29) is 25.9 Å². The highest BCUT2D eigenvalue weighted by Gasteiger charge is 2.28. The second-order valence-electron chi connectivity index (χ2n) is 21.6. The summed E-state index contributed by atoms with van der Waals surface area (Å²) in [5.41, 5.74) is 0. The topological polar surface area (TPSA) is 155 Å². The number of aliphatic hydroxyl groups is 1. The molecule has 0 heterocycles. The van der Waals surface area contributed by atoms with Crippen molar-refractivity contribution in [1.29, 1.82) is 0 Å². The molecule has 0 bridgehead atoms. The third kappa shape index (κ3) is 56.4. The molecule has 0 rings (SSSR count). The van der Waals surface area contributed by atoms with Gasteiger partial charge in [-0.1, -0.05) is 256 Å². The number of rotatable bonds is 60. The average Bonchev–Trinajstić information content (AvgIpc) is 3.41. The van der Waals surface area contributed by atoms with Gasteiger partial charge in [-0.05, 0) is 77.0 Å². The molecule has 0 aromatic rings.